The summed E-state index contributed by atoms with van der Waals surface area (Å²) in [7, 11) is 1.00. The van der Waals surface area contributed by atoms with Crippen molar-refractivity contribution >= 4 is 64.1 Å². The molecule has 232 valence electrons. The summed E-state index contributed by atoms with van der Waals surface area (Å²) in [6.07, 6.45) is -7.76. The maximum Gasteiger partial charge on any atom is 0.506 e. The summed E-state index contributed by atoms with van der Waals surface area (Å²) in [6.45, 7) is 1.53. The van der Waals surface area contributed by atoms with Crippen LogP contribution < -0.4 is 5.32 Å². The van der Waals surface area contributed by atoms with Crippen molar-refractivity contribution in [3.8, 4) is 0 Å². The first-order valence-electron chi connectivity index (χ1n) is 13.2. The van der Waals surface area contributed by atoms with Gasteiger partial charge < -0.3 is 34.5 Å². The maximum absolute atomic E-state index is 13.4. The summed E-state index contributed by atoms with van der Waals surface area (Å²) in [6, 6.07) is 16.3. The molecule has 0 heterocycles. The third-order valence-corrected chi connectivity index (χ3v) is 8.00. The minimum absolute atomic E-state index is 0.0667. The average Bonchev–Trinajstić information content (AvgIpc) is 2.97. The molecule has 1 fully saturated rings. The van der Waals surface area contributed by atoms with E-state index in [2.05, 4.69) is 10.1 Å². The molecule has 0 spiro atoms. The van der Waals surface area contributed by atoms with Crippen LogP contribution in [-0.4, -0.2) is 71.8 Å². The van der Waals surface area contributed by atoms with Crippen molar-refractivity contribution < 1.29 is 53.1 Å². The van der Waals surface area contributed by atoms with Crippen molar-refractivity contribution in [3.63, 3.8) is 0 Å². The predicted octanol–water partition coefficient (Wildman–Crippen LogP) is 4.96. The number of methoxy groups -OCH3 is 1. The number of rotatable bonds is 10. The van der Waals surface area contributed by atoms with Crippen LogP contribution in [0, 0.1) is 11.8 Å². The number of halogens is 2. The Morgan fingerprint density at radius 3 is 2.07 bits per heavy atom. The quantitative estimate of drug-likeness (QED) is 0.200. The molecule has 44 heavy (non-hydrogen) atoms. The van der Waals surface area contributed by atoms with Crippen LogP contribution in [0.25, 0.3) is 10.8 Å². The zero-order valence-electron chi connectivity index (χ0n) is 23.3. The van der Waals surface area contributed by atoms with E-state index in [9.17, 15) is 34.2 Å². The van der Waals surface area contributed by atoms with E-state index in [0.717, 1.165) is 17.9 Å². The van der Waals surface area contributed by atoms with Gasteiger partial charge in [0.15, 0.2) is 0 Å². The lowest BCUT2D eigenvalue weighted by atomic mass is 9.67. The number of amides is 1. The fourth-order valence-corrected chi connectivity index (χ4v) is 5.38. The number of hydrogen-bond donors (Lipinski definition) is 3. The van der Waals surface area contributed by atoms with Gasteiger partial charge in [0.2, 0.25) is 5.91 Å². The van der Waals surface area contributed by atoms with Gasteiger partial charge in [-0.05, 0) is 47.5 Å². The highest BCUT2D eigenvalue weighted by molar-refractivity contribution is 6.42. The zero-order chi connectivity index (χ0) is 32.1. The predicted molar refractivity (Wildman–Crippen MR) is 156 cm³/mol. The van der Waals surface area contributed by atoms with Gasteiger partial charge in [0, 0.05) is 6.42 Å². The molecule has 12 nitrogen and oxygen atoms in total. The van der Waals surface area contributed by atoms with Crippen LogP contribution in [0.1, 0.15) is 22.8 Å². The molecule has 4 rings (SSSR count). The number of carbonyl (C=O) groups is 5. The smallest absolute Gasteiger partial charge is 0.469 e. The Balaban J connectivity index is 1.59. The Morgan fingerprint density at radius 2 is 1.48 bits per heavy atom. The number of esters is 2. The standard InChI is InChI=1S/C30H27Cl2NO11/c1-14(33-26(34)22-24(43-29(37)38)23(28(36)41-2)25(22)44-30(39)40)21(12-15-7-10-19(31)20(32)11-15)42-27(35)18-9-8-16-5-3-4-6-17(16)13-18/h3-11,13-14,21-25H,12H2,1-2H3,(H,33,34)(H,37,38)(H,39,40)/t14-,21+,22-,23-,24-,25-/m0/s1. The highest BCUT2D eigenvalue weighted by Gasteiger charge is 2.63. The fraction of sp³-hybridized carbons (Fsp3) is 0.300. The lowest BCUT2D eigenvalue weighted by Gasteiger charge is -2.46. The molecule has 4 atom stereocenters. The Hall–Kier alpha value is -4.55. The maximum atomic E-state index is 13.4. The number of nitrogens with one attached hydrogen (secondary N) is 1. The molecule has 0 aliphatic heterocycles. The summed E-state index contributed by atoms with van der Waals surface area (Å²) in [5.74, 6) is -5.68. The second-order valence-electron chi connectivity index (χ2n) is 10.0. The van der Waals surface area contributed by atoms with Gasteiger partial charge >= 0.3 is 24.2 Å². The third-order valence-electron chi connectivity index (χ3n) is 7.26. The Bertz CT molecular complexity index is 1570. The molecule has 0 saturated heterocycles. The molecule has 1 aliphatic rings. The van der Waals surface area contributed by atoms with E-state index in [1.54, 1.807) is 36.4 Å². The van der Waals surface area contributed by atoms with Gasteiger partial charge in [-0.1, -0.05) is 59.6 Å². The summed E-state index contributed by atoms with van der Waals surface area (Å²) >= 11 is 12.2. The molecule has 0 bridgehead atoms. The Morgan fingerprint density at radius 1 is 0.841 bits per heavy atom. The molecule has 0 aromatic heterocycles. The van der Waals surface area contributed by atoms with E-state index in [1.807, 2.05) is 24.3 Å². The molecule has 0 unspecified atom stereocenters. The van der Waals surface area contributed by atoms with E-state index in [-0.39, 0.29) is 17.0 Å². The molecule has 0 radical (unpaired) electrons. The topological polar surface area (TPSA) is 175 Å². The number of ether oxygens (including phenoxy) is 4. The first-order chi connectivity index (χ1) is 20.9. The Kier molecular flexibility index (Phi) is 10.2. The molecule has 1 amide bonds. The first kappa shape index (κ1) is 32.4. The summed E-state index contributed by atoms with van der Waals surface area (Å²) < 4.78 is 20.0. The van der Waals surface area contributed by atoms with Crippen LogP contribution in [-0.2, 0) is 35.0 Å². The van der Waals surface area contributed by atoms with E-state index in [1.165, 1.54) is 6.92 Å². The van der Waals surface area contributed by atoms with Crippen LogP contribution >= 0.6 is 23.2 Å². The summed E-state index contributed by atoms with van der Waals surface area (Å²) in [4.78, 5) is 61.7. The molecule has 1 aliphatic carbocycles. The lowest BCUT2D eigenvalue weighted by molar-refractivity contribution is -0.196. The van der Waals surface area contributed by atoms with E-state index >= 15 is 0 Å². The van der Waals surface area contributed by atoms with Gasteiger partial charge in [-0.25, -0.2) is 14.4 Å². The largest absolute Gasteiger partial charge is 0.506 e. The molecule has 3 aromatic rings. The van der Waals surface area contributed by atoms with Gasteiger partial charge in [-0.15, -0.1) is 0 Å². The summed E-state index contributed by atoms with van der Waals surface area (Å²) in [5.41, 5.74) is 0.872. The van der Waals surface area contributed by atoms with Gasteiger partial charge in [-0.2, -0.15) is 0 Å². The van der Waals surface area contributed by atoms with E-state index in [0.29, 0.717) is 10.6 Å². The highest BCUT2D eigenvalue weighted by Crippen LogP contribution is 2.41. The van der Waals surface area contributed by atoms with E-state index < -0.39 is 66.3 Å². The van der Waals surface area contributed by atoms with Crippen LogP contribution in [0.2, 0.25) is 10.0 Å². The van der Waals surface area contributed by atoms with Gasteiger partial charge in [0.25, 0.3) is 0 Å². The zero-order valence-corrected chi connectivity index (χ0v) is 24.8. The molecule has 3 aromatic carbocycles. The van der Waals surface area contributed by atoms with Crippen LogP contribution in [0.15, 0.2) is 60.7 Å². The minimum atomic E-state index is -1.80. The lowest BCUT2D eigenvalue weighted by Crippen LogP contribution is -2.67. The Labute approximate surface area is 260 Å². The average molecular weight is 648 g/mol. The van der Waals surface area contributed by atoms with Gasteiger partial charge in [0.05, 0.1) is 28.8 Å². The second-order valence-corrected chi connectivity index (χ2v) is 10.8. The van der Waals surface area contributed by atoms with Crippen LogP contribution in [0.3, 0.4) is 0 Å². The third kappa shape index (κ3) is 7.32. The molecule has 3 N–H and O–H groups in total. The van der Waals surface area contributed by atoms with E-state index in [4.69, 9.17) is 37.4 Å². The monoisotopic (exact) mass is 647 g/mol. The highest BCUT2D eigenvalue weighted by atomic mass is 35.5. The first-order valence-corrected chi connectivity index (χ1v) is 14.0. The number of benzene rings is 3. The van der Waals surface area contributed by atoms with Gasteiger partial charge in [0.1, 0.15) is 30.1 Å². The van der Waals surface area contributed by atoms with Crippen LogP contribution in [0.4, 0.5) is 9.59 Å². The molecule has 14 heteroatoms. The molecular formula is C30H27Cl2NO11. The van der Waals surface area contributed by atoms with Crippen molar-refractivity contribution in [1.82, 2.24) is 5.32 Å². The minimum Gasteiger partial charge on any atom is -0.469 e. The van der Waals surface area contributed by atoms with Gasteiger partial charge in [-0.3, -0.25) is 9.59 Å². The van der Waals surface area contributed by atoms with Crippen molar-refractivity contribution in [2.45, 2.75) is 37.7 Å². The summed E-state index contributed by atoms with van der Waals surface area (Å²) in [5, 5.41) is 23.3. The molecule has 1 saturated carbocycles. The van der Waals surface area contributed by atoms with Crippen molar-refractivity contribution in [1.29, 1.82) is 0 Å². The SMILES string of the molecule is COC(=O)[C@H]1[C@@H](OC(=O)O)[C@H](C(=O)N[C@@H](C)[C@@H](Cc2ccc(Cl)c(Cl)c2)OC(=O)c2ccc3ccccc3c2)[C@@H]1OC(=O)O. The second kappa shape index (κ2) is 13.8. The fourth-order valence-electron chi connectivity index (χ4n) is 5.06. The van der Waals surface area contributed by atoms with Crippen molar-refractivity contribution in [2.75, 3.05) is 7.11 Å². The van der Waals surface area contributed by atoms with Crippen molar-refractivity contribution in [2.24, 2.45) is 11.8 Å². The molecular weight excluding hydrogens is 621 g/mol. The van der Waals surface area contributed by atoms with Crippen molar-refractivity contribution in [3.05, 3.63) is 81.8 Å². The normalized spacial score (nSPS) is 20.4. The van der Waals surface area contributed by atoms with Crippen LogP contribution in [0.5, 0.6) is 0 Å². The number of carboxylic acid groups (broad SMARTS) is 2. The number of hydrogen-bond acceptors (Lipinski definition) is 9. The number of carbonyl (C=O) groups excluding carboxylic acids is 3. The number of fused-ring (bicyclic) bond motifs is 1.